The van der Waals surface area contributed by atoms with Gasteiger partial charge in [0, 0.05) is 63.2 Å². The van der Waals surface area contributed by atoms with Gasteiger partial charge in [-0.3, -0.25) is 9.89 Å². The van der Waals surface area contributed by atoms with E-state index in [0.717, 1.165) is 49.5 Å². The number of hydrogen-bond acceptors (Lipinski definition) is 2. The summed E-state index contributed by atoms with van der Waals surface area (Å²) in [7, 11) is 3.88. The predicted molar refractivity (Wildman–Crippen MR) is 127 cm³/mol. The van der Waals surface area contributed by atoms with Crippen molar-refractivity contribution in [1.29, 1.82) is 0 Å². The Morgan fingerprint density at radius 2 is 1.85 bits per heavy atom. The number of nitrogens with zero attached hydrogens (tertiary/aromatic N) is 3. The lowest BCUT2D eigenvalue weighted by Crippen LogP contribution is -2.48. The summed E-state index contributed by atoms with van der Waals surface area (Å²) in [6, 6.07) is 11.2. The van der Waals surface area contributed by atoms with Crippen LogP contribution in [-0.4, -0.2) is 41.6 Å². The molecule has 0 radical (unpaired) electrons. The van der Waals surface area contributed by atoms with Crippen LogP contribution >= 0.6 is 39.9 Å². The van der Waals surface area contributed by atoms with E-state index < -0.39 is 0 Å². The van der Waals surface area contributed by atoms with Crippen LogP contribution in [-0.2, 0) is 20.1 Å². The molecule has 0 unspecified atom stereocenters. The molecule has 27 heavy (non-hydrogen) atoms. The number of aryl methyl sites for hydroxylation is 1. The molecule has 1 aromatic carbocycles. The molecule has 1 saturated heterocycles. The Labute approximate surface area is 187 Å². The Hall–Kier alpha value is -1.06. The SMILES string of the molecule is CN=C(NCc1ccn(C)c1)NC1CCN(Cc2ccc(Br)cc2)CC1.I. The molecule has 2 N–H and O–H groups in total. The third-order valence-corrected chi connectivity index (χ3v) is 5.35. The lowest BCUT2D eigenvalue weighted by Gasteiger charge is -2.33. The molecular formula is C20H29BrIN5. The lowest BCUT2D eigenvalue weighted by atomic mass is 10.0. The summed E-state index contributed by atoms with van der Waals surface area (Å²) in [5, 5.41) is 6.98. The molecule has 3 rings (SSSR count). The van der Waals surface area contributed by atoms with Crippen LogP contribution in [0.1, 0.15) is 24.0 Å². The van der Waals surface area contributed by atoms with Crippen LogP contribution in [0, 0.1) is 0 Å². The number of aromatic nitrogens is 1. The van der Waals surface area contributed by atoms with Crippen molar-refractivity contribution in [1.82, 2.24) is 20.1 Å². The molecule has 1 fully saturated rings. The number of likely N-dealkylation sites (tertiary alicyclic amines) is 1. The molecule has 1 aliphatic rings. The van der Waals surface area contributed by atoms with Crippen molar-refractivity contribution in [2.75, 3.05) is 20.1 Å². The number of halogens is 2. The zero-order valence-electron chi connectivity index (χ0n) is 16.0. The topological polar surface area (TPSA) is 44.6 Å². The van der Waals surface area contributed by atoms with E-state index in [0.29, 0.717) is 6.04 Å². The summed E-state index contributed by atoms with van der Waals surface area (Å²) in [6.45, 7) is 4.05. The number of nitrogens with one attached hydrogen (secondary N) is 2. The Morgan fingerprint density at radius 3 is 2.44 bits per heavy atom. The Kier molecular flexibility index (Phi) is 9.11. The maximum Gasteiger partial charge on any atom is 0.191 e. The third kappa shape index (κ3) is 7.12. The average molecular weight is 546 g/mol. The zero-order valence-corrected chi connectivity index (χ0v) is 19.9. The van der Waals surface area contributed by atoms with Gasteiger partial charge in [0.05, 0.1) is 0 Å². The molecule has 0 amide bonds. The first-order valence-corrected chi connectivity index (χ1v) is 9.96. The number of guanidine groups is 1. The summed E-state index contributed by atoms with van der Waals surface area (Å²) in [5.74, 6) is 0.889. The van der Waals surface area contributed by atoms with Gasteiger partial charge in [0.2, 0.25) is 0 Å². The van der Waals surface area contributed by atoms with Crippen molar-refractivity contribution in [2.24, 2.45) is 12.0 Å². The quantitative estimate of drug-likeness (QED) is 0.342. The van der Waals surface area contributed by atoms with Gasteiger partial charge in [-0.25, -0.2) is 0 Å². The smallest absolute Gasteiger partial charge is 0.191 e. The Bertz CT molecular complexity index is 720. The zero-order chi connectivity index (χ0) is 18.4. The fraction of sp³-hybridized carbons (Fsp3) is 0.450. The minimum absolute atomic E-state index is 0. The molecule has 0 saturated carbocycles. The van der Waals surface area contributed by atoms with E-state index in [1.54, 1.807) is 0 Å². The summed E-state index contributed by atoms with van der Waals surface area (Å²) >= 11 is 3.50. The fourth-order valence-electron chi connectivity index (χ4n) is 3.32. The van der Waals surface area contributed by atoms with E-state index >= 15 is 0 Å². The highest BCUT2D eigenvalue weighted by Crippen LogP contribution is 2.16. The number of benzene rings is 1. The second kappa shape index (κ2) is 11.1. The van der Waals surface area contributed by atoms with E-state index in [4.69, 9.17) is 0 Å². The molecular weight excluding hydrogens is 517 g/mol. The normalized spacial score (nSPS) is 16.0. The predicted octanol–water partition coefficient (Wildman–Crippen LogP) is 3.74. The standard InChI is InChI=1S/C20H28BrN5.HI/c1-22-20(23-13-17-7-10-25(2)14-17)24-19-8-11-26(12-9-19)15-16-3-5-18(21)6-4-16;/h3-7,10,14,19H,8-9,11-13,15H2,1-2H3,(H2,22,23,24);1H. The van der Waals surface area contributed by atoms with Crippen molar-refractivity contribution >= 4 is 45.9 Å². The third-order valence-electron chi connectivity index (χ3n) is 4.82. The highest BCUT2D eigenvalue weighted by atomic mass is 127. The number of hydrogen-bond donors (Lipinski definition) is 2. The average Bonchev–Trinajstić information content (AvgIpc) is 3.07. The second-order valence-corrected chi connectivity index (χ2v) is 7.85. The van der Waals surface area contributed by atoms with E-state index in [-0.39, 0.29) is 24.0 Å². The summed E-state index contributed by atoms with van der Waals surface area (Å²) in [4.78, 5) is 6.90. The van der Waals surface area contributed by atoms with E-state index in [9.17, 15) is 0 Å². The fourth-order valence-corrected chi connectivity index (χ4v) is 3.59. The van der Waals surface area contributed by atoms with Crippen molar-refractivity contribution in [3.8, 4) is 0 Å². The molecule has 1 aliphatic heterocycles. The summed E-state index contributed by atoms with van der Waals surface area (Å²) < 4.78 is 3.20. The second-order valence-electron chi connectivity index (χ2n) is 6.93. The molecule has 2 heterocycles. The van der Waals surface area contributed by atoms with Gasteiger partial charge in [0.1, 0.15) is 0 Å². The van der Waals surface area contributed by atoms with Gasteiger partial charge in [-0.2, -0.15) is 0 Å². The number of rotatable bonds is 5. The van der Waals surface area contributed by atoms with Crippen molar-refractivity contribution in [3.63, 3.8) is 0 Å². The van der Waals surface area contributed by atoms with Gasteiger partial charge in [0.25, 0.3) is 0 Å². The van der Waals surface area contributed by atoms with Gasteiger partial charge in [-0.05, 0) is 42.2 Å². The molecule has 5 nitrogen and oxygen atoms in total. The van der Waals surface area contributed by atoms with Gasteiger partial charge in [-0.1, -0.05) is 28.1 Å². The molecule has 0 spiro atoms. The summed E-state index contributed by atoms with van der Waals surface area (Å²) in [6.07, 6.45) is 6.47. The van der Waals surface area contributed by atoms with Gasteiger partial charge < -0.3 is 15.2 Å². The van der Waals surface area contributed by atoms with Crippen LogP contribution in [0.4, 0.5) is 0 Å². The van der Waals surface area contributed by atoms with E-state index in [1.807, 2.05) is 14.1 Å². The van der Waals surface area contributed by atoms with Crippen molar-refractivity contribution in [2.45, 2.75) is 32.0 Å². The minimum atomic E-state index is 0. The molecule has 0 aliphatic carbocycles. The molecule has 7 heteroatoms. The largest absolute Gasteiger partial charge is 0.357 e. The van der Waals surface area contributed by atoms with Crippen LogP contribution < -0.4 is 10.6 Å². The first-order valence-electron chi connectivity index (χ1n) is 9.17. The van der Waals surface area contributed by atoms with Crippen LogP contribution in [0.3, 0.4) is 0 Å². The summed E-state index contributed by atoms with van der Waals surface area (Å²) in [5.41, 5.74) is 2.64. The monoisotopic (exact) mass is 545 g/mol. The molecule has 148 valence electrons. The van der Waals surface area contributed by atoms with E-state index in [2.05, 4.69) is 83.7 Å². The van der Waals surface area contributed by atoms with Crippen molar-refractivity contribution < 1.29 is 0 Å². The van der Waals surface area contributed by atoms with Gasteiger partial charge in [-0.15, -0.1) is 24.0 Å². The Morgan fingerprint density at radius 1 is 1.15 bits per heavy atom. The van der Waals surface area contributed by atoms with Crippen LogP contribution in [0.15, 0.2) is 52.2 Å². The van der Waals surface area contributed by atoms with Crippen LogP contribution in [0.2, 0.25) is 0 Å². The first-order chi connectivity index (χ1) is 12.6. The first kappa shape index (κ1) is 22.2. The highest BCUT2D eigenvalue weighted by molar-refractivity contribution is 14.0. The van der Waals surface area contributed by atoms with Crippen LogP contribution in [0.5, 0.6) is 0 Å². The molecule has 2 aromatic rings. The van der Waals surface area contributed by atoms with Gasteiger partial charge >= 0.3 is 0 Å². The maximum atomic E-state index is 4.37. The molecule has 1 aromatic heterocycles. The lowest BCUT2D eigenvalue weighted by molar-refractivity contribution is 0.198. The van der Waals surface area contributed by atoms with Gasteiger partial charge in [0.15, 0.2) is 5.96 Å². The van der Waals surface area contributed by atoms with E-state index in [1.165, 1.54) is 11.1 Å². The molecule has 0 bridgehead atoms. The molecule has 0 atom stereocenters. The minimum Gasteiger partial charge on any atom is -0.357 e. The highest BCUT2D eigenvalue weighted by Gasteiger charge is 2.20. The van der Waals surface area contributed by atoms with Crippen LogP contribution in [0.25, 0.3) is 0 Å². The number of aliphatic imine (C=N–C) groups is 1. The number of piperidine rings is 1. The maximum absolute atomic E-state index is 4.37. The Balaban J connectivity index is 0.00000261. The van der Waals surface area contributed by atoms with Crippen molar-refractivity contribution in [3.05, 3.63) is 58.3 Å².